The topological polar surface area (TPSA) is 52.0 Å². The third-order valence-electron chi connectivity index (χ3n) is 2.17. The molecule has 3 nitrogen and oxygen atoms in total. The largest absolute Gasteiger partial charge is 0.440 e. The highest BCUT2D eigenvalue weighted by molar-refractivity contribution is 6.30. The van der Waals surface area contributed by atoms with Gasteiger partial charge < -0.3 is 10.2 Å². The van der Waals surface area contributed by atoms with Crippen LogP contribution in [-0.2, 0) is 6.54 Å². The fourth-order valence-corrected chi connectivity index (χ4v) is 1.46. The zero-order chi connectivity index (χ0) is 10.8. The van der Waals surface area contributed by atoms with Crippen LogP contribution in [0.15, 0.2) is 28.7 Å². The highest BCUT2D eigenvalue weighted by Crippen LogP contribution is 2.22. The summed E-state index contributed by atoms with van der Waals surface area (Å²) in [4.78, 5) is 4.29. The van der Waals surface area contributed by atoms with Crippen LogP contribution in [0.2, 0.25) is 5.02 Å². The van der Waals surface area contributed by atoms with Crippen LogP contribution in [0.5, 0.6) is 0 Å². The van der Waals surface area contributed by atoms with Crippen LogP contribution in [0.3, 0.4) is 0 Å². The van der Waals surface area contributed by atoms with E-state index < -0.39 is 0 Å². The van der Waals surface area contributed by atoms with Crippen molar-refractivity contribution in [2.24, 2.45) is 5.73 Å². The summed E-state index contributed by atoms with van der Waals surface area (Å²) in [5, 5.41) is 0.695. The highest BCUT2D eigenvalue weighted by Gasteiger charge is 2.09. The predicted molar refractivity (Wildman–Crippen MR) is 59.6 cm³/mol. The Morgan fingerprint density at radius 1 is 1.33 bits per heavy atom. The van der Waals surface area contributed by atoms with Crippen molar-refractivity contribution < 1.29 is 4.42 Å². The molecule has 4 heteroatoms. The van der Waals surface area contributed by atoms with E-state index in [1.54, 1.807) is 12.1 Å². The zero-order valence-corrected chi connectivity index (χ0v) is 9.08. The second-order valence-electron chi connectivity index (χ2n) is 3.24. The number of benzene rings is 1. The maximum atomic E-state index is 5.79. The van der Waals surface area contributed by atoms with Crippen LogP contribution in [0.1, 0.15) is 11.5 Å². The van der Waals surface area contributed by atoms with Crippen LogP contribution in [0.25, 0.3) is 11.5 Å². The van der Waals surface area contributed by atoms with Gasteiger partial charge >= 0.3 is 0 Å². The summed E-state index contributed by atoms with van der Waals surface area (Å²) in [5.41, 5.74) is 7.25. The van der Waals surface area contributed by atoms with Gasteiger partial charge in [0.15, 0.2) is 0 Å². The Morgan fingerprint density at radius 3 is 2.53 bits per heavy atom. The Kier molecular flexibility index (Phi) is 2.75. The summed E-state index contributed by atoms with van der Waals surface area (Å²) >= 11 is 5.79. The molecule has 1 aromatic carbocycles. The van der Waals surface area contributed by atoms with Gasteiger partial charge in [0, 0.05) is 10.6 Å². The molecule has 0 saturated carbocycles. The van der Waals surface area contributed by atoms with Crippen molar-refractivity contribution in [1.29, 1.82) is 0 Å². The van der Waals surface area contributed by atoms with Crippen molar-refractivity contribution in [2.75, 3.05) is 0 Å². The second kappa shape index (κ2) is 4.04. The molecule has 0 saturated heterocycles. The lowest BCUT2D eigenvalue weighted by Gasteiger charge is -1.94. The minimum atomic E-state index is 0.367. The second-order valence-corrected chi connectivity index (χ2v) is 3.68. The summed E-state index contributed by atoms with van der Waals surface area (Å²) in [6.07, 6.45) is 0. The van der Waals surface area contributed by atoms with Crippen LogP contribution in [0, 0.1) is 6.92 Å². The molecule has 1 heterocycles. The van der Waals surface area contributed by atoms with Gasteiger partial charge in [-0.2, -0.15) is 0 Å². The molecule has 0 bridgehead atoms. The minimum absolute atomic E-state index is 0.367. The molecule has 0 aliphatic heterocycles. The number of nitrogens with two attached hydrogens (primary N) is 1. The van der Waals surface area contributed by atoms with Gasteiger partial charge in [-0.15, -0.1) is 0 Å². The van der Waals surface area contributed by atoms with Crippen LogP contribution in [-0.4, -0.2) is 4.98 Å². The molecule has 2 N–H and O–H groups in total. The number of nitrogens with zero attached hydrogens (tertiary/aromatic N) is 1. The molecule has 0 atom stereocenters. The molecule has 2 rings (SSSR count). The number of hydrogen-bond acceptors (Lipinski definition) is 3. The van der Waals surface area contributed by atoms with Crippen molar-refractivity contribution in [2.45, 2.75) is 13.5 Å². The third kappa shape index (κ3) is 2.03. The molecule has 78 valence electrons. The fourth-order valence-electron chi connectivity index (χ4n) is 1.33. The van der Waals surface area contributed by atoms with Gasteiger partial charge in [0.1, 0.15) is 5.76 Å². The fraction of sp³-hybridized carbons (Fsp3) is 0.182. The van der Waals surface area contributed by atoms with Gasteiger partial charge in [-0.1, -0.05) is 11.6 Å². The van der Waals surface area contributed by atoms with E-state index in [-0.39, 0.29) is 0 Å². The van der Waals surface area contributed by atoms with E-state index in [0.717, 1.165) is 17.0 Å². The molecular weight excluding hydrogens is 212 g/mol. The first kappa shape index (κ1) is 10.2. The third-order valence-corrected chi connectivity index (χ3v) is 2.42. The lowest BCUT2D eigenvalue weighted by Crippen LogP contribution is -1.95. The van der Waals surface area contributed by atoms with Crippen molar-refractivity contribution in [3.8, 4) is 11.5 Å². The molecule has 15 heavy (non-hydrogen) atoms. The normalized spacial score (nSPS) is 10.6. The van der Waals surface area contributed by atoms with E-state index >= 15 is 0 Å². The lowest BCUT2D eigenvalue weighted by molar-refractivity contribution is 0.518. The zero-order valence-electron chi connectivity index (χ0n) is 8.33. The Bertz CT molecular complexity index is 462. The Morgan fingerprint density at radius 2 is 2.00 bits per heavy atom. The van der Waals surface area contributed by atoms with Gasteiger partial charge in [0.05, 0.1) is 12.2 Å². The van der Waals surface area contributed by atoms with Crippen molar-refractivity contribution in [3.63, 3.8) is 0 Å². The number of aromatic nitrogens is 1. The molecule has 0 amide bonds. The summed E-state index contributed by atoms with van der Waals surface area (Å²) in [6, 6.07) is 7.35. The SMILES string of the molecule is Cc1nc(-c2ccc(Cl)cc2)oc1CN. The van der Waals surface area contributed by atoms with Gasteiger partial charge in [0.2, 0.25) is 5.89 Å². The molecule has 0 radical (unpaired) electrons. The summed E-state index contributed by atoms with van der Waals surface area (Å²) in [5.74, 6) is 1.31. The number of rotatable bonds is 2. The van der Waals surface area contributed by atoms with Gasteiger partial charge in [-0.3, -0.25) is 0 Å². The maximum Gasteiger partial charge on any atom is 0.226 e. The number of oxazole rings is 1. The van der Waals surface area contributed by atoms with Crippen molar-refractivity contribution in [1.82, 2.24) is 4.98 Å². The van der Waals surface area contributed by atoms with E-state index in [1.807, 2.05) is 19.1 Å². The Hall–Kier alpha value is -1.32. The van der Waals surface area contributed by atoms with E-state index in [0.29, 0.717) is 17.5 Å². The molecule has 0 unspecified atom stereocenters. The molecule has 2 aromatic rings. The molecule has 0 aliphatic carbocycles. The molecule has 0 aliphatic rings. The monoisotopic (exact) mass is 222 g/mol. The lowest BCUT2D eigenvalue weighted by atomic mass is 10.2. The predicted octanol–water partition coefficient (Wildman–Crippen LogP) is 2.76. The van der Waals surface area contributed by atoms with Crippen LogP contribution in [0.4, 0.5) is 0 Å². The highest BCUT2D eigenvalue weighted by atomic mass is 35.5. The van der Waals surface area contributed by atoms with Gasteiger partial charge in [0.25, 0.3) is 0 Å². The van der Waals surface area contributed by atoms with Crippen LogP contribution < -0.4 is 5.73 Å². The standard InChI is InChI=1S/C11H11ClN2O/c1-7-10(6-13)15-11(14-7)8-2-4-9(12)5-3-8/h2-5H,6,13H2,1H3. The van der Waals surface area contributed by atoms with Gasteiger partial charge in [-0.05, 0) is 31.2 Å². The van der Waals surface area contributed by atoms with E-state index in [4.69, 9.17) is 21.8 Å². The van der Waals surface area contributed by atoms with E-state index in [9.17, 15) is 0 Å². The van der Waals surface area contributed by atoms with Crippen molar-refractivity contribution in [3.05, 3.63) is 40.7 Å². The smallest absolute Gasteiger partial charge is 0.226 e. The van der Waals surface area contributed by atoms with E-state index in [2.05, 4.69) is 4.98 Å². The Labute approximate surface area is 92.9 Å². The Balaban J connectivity index is 2.41. The first-order valence-corrected chi connectivity index (χ1v) is 5.01. The average molecular weight is 223 g/mol. The average Bonchev–Trinajstić information content (AvgIpc) is 2.61. The van der Waals surface area contributed by atoms with Gasteiger partial charge in [-0.25, -0.2) is 4.98 Å². The van der Waals surface area contributed by atoms with E-state index in [1.165, 1.54) is 0 Å². The first-order chi connectivity index (χ1) is 7.20. The molecular formula is C11H11ClN2O. The number of hydrogen-bond donors (Lipinski definition) is 1. The first-order valence-electron chi connectivity index (χ1n) is 4.63. The minimum Gasteiger partial charge on any atom is -0.440 e. The quantitative estimate of drug-likeness (QED) is 0.850. The summed E-state index contributed by atoms with van der Waals surface area (Å²) in [7, 11) is 0. The molecule has 0 fully saturated rings. The summed E-state index contributed by atoms with van der Waals surface area (Å²) in [6.45, 7) is 2.25. The maximum absolute atomic E-state index is 5.79. The molecule has 1 aromatic heterocycles. The number of halogens is 1. The van der Waals surface area contributed by atoms with Crippen molar-refractivity contribution >= 4 is 11.6 Å². The number of aryl methyl sites for hydroxylation is 1. The molecule has 0 spiro atoms. The van der Waals surface area contributed by atoms with Crippen LogP contribution >= 0.6 is 11.6 Å². The summed E-state index contributed by atoms with van der Waals surface area (Å²) < 4.78 is 5.51.